The van der Waals surface area contributed by atoms with Gasteiger partial charge in [0.1, 0.15) is 0 Å². The number of aliphatic hydroxyl groups excluding tert-OH is 1. The smallest absolute Gasteiger partial charge is 0.343 e. The van der Waals surface area contributed by atoms with E-state index in [1.807, 2.05) is 30.3 Å². The minimum absolute atomic E-state index is 0.0116. The summed E-state index contributed by atoms with van der Waals surface area (Å²) >= 11 is 0. The van der Waals surface area contributed by atoms with Crippen molar-refractivity contribution in [3.8, 4) is 0 Å². The molecule has 5 nitrogen and oxygen atoms in total. The third-order valence-corrected chi connectivity index (χ3v) is 4.23. The molecule has 0 radical (unpaired) electrons. The third-order valence-electron chi connectivity index (χ3n) is 3.56. The SMILES string of the molecule is CCOC(=O)C(C[PH+]=O)(OCC)C(CO)Cc1ccccc1. The van der Waals surface area contributed by atoms with Crippen molar-refractivity contribution in [1.29, 1.82) is 0 Å². The fraction of sp³-hybridized carbons (Fsp3) is 0.562. The van der Waals surface area contributed by atoms with Crippen LogP contribution in [0.2, 0.25) is 0 Å². The number of carbonyl (C=O) groups excluding carboxylic acids is 1. The summed E-state index contributed by atoms with van der Waals surface area (Å²) in [5.41, 5.74) is -0.403. The fourth-order valence-corrected chi connectivity index (χ4v) is 3.25. The molecule has 0 aliphatic heterocycles. The summed E-state index contributed by atoms with van der Waals surface area (Å²) in [6.45, 7) is 3.70. The molecule has 0 aliphatic carbocycles. The van der Waals surface area contributed by atoms with Gasteiger partial charge in [0, 0.05) is 19.1 Å². The van der Waals surface area contributed by atoms with E-state index in [9.17, 15) is 14.5 Å². The minimum Gasteiger partial charge on any atom is -0.464 e. The first-order chi connectivity index (χ1) is 10.6. The van der Waals surface area contributed by atoms with Crippen LogP contribution in [0.4, 0.5) is 0 Å². The highest BCUT2D eigenvalue weighted by atomic mass is 31.1. The van der Waals surface area contributed by atoms with Crippen LogP contribution in [-0.4, -0.2) is 42.7 Å². The van der Waals surface area contributed by atoms with E-state index in [1.165, 1.54) is 0 Å². The van der Waals surface area contributed by atoms with Gasteiger partial charge in [-0.25, -0.2) is 4.79 Å². The van der Waals surface area contributed by atoms with E-state index < -0.39 is 25.9 Å². The summed E-state index contributed by atoms with van der Waals surface area (Å²) in [5.74, 6) is -1.08. The second-order valence-corrected chi connectivity index (χ2v) is 5.58. The number of hydrogen-bond donors (Lipinski definition) is 1. The van der Waals surface area contributed by atoms with Crippen molar-refractivity contribution in [2.45, 2.75) is 25.9 Å². The molecule has 122 valence electrons. The fourth-order valence-electron chi connectivity index (χ4n) is 2.50. The van der Waals surface area contributed by atoms with Gasteiger partial charge in [-0.3, -0.25) is 0 Å². The van der Waals surface area contributed by atoms with E-state index in [1.54, 1.807) is 13.8 Å². The Morgan fingerprint density at radius 1 is 1.27 bits per heavy atom. The van der Waals surface area contributed by atoms with E-state index in [0.29, 0.717) is 6.42 Å². The first-order valence-electron chi connectivity index (χ1n) is 7.45. The van der Waals surface area contributed by atoms with Gasteiger partial charge < -0.3 is 14.6 Å². The lowest BCUT2D eigenvalue weighted by molar-refractivity contribution is -0.178. The molecule has 0 saturated carbocycles. The van der Waals surface area contributed by atoms with Crippen LogP contribution in [0, 0.1) is 5.92 Å². The van der Waals surface area contributed by atoms with Gasteiger partial charge >= 0.3 is 14.4 Å². The Morgan fingerprint density at radius 3 is 2.45 bits per heavy atom. The van der Waals surface area contributed by atoms with Gasteiger partial charge in [0.2, 0.25) is 5.60 Å². The average Bonchev–Trinajstić information content (AvgIpc) is 2.53. The molecule has 22 heavy (non-hydrogen) atoms. The molecule has 6 heteroatoms. The number of esters is 1. The maximum atomic E-state index is 12.4. The minimum atomic E-state index is -1.38. The number of aliphatic hydroxyl groups is 1. The Kier molecular flexibility index (Phi) is 8.25. The predicted octanol–water partition coefficient (Wildman–Crippen LogP) is 2.20. The molecular weight excluding hydrogens is 303 g/mol. The van der Waals surface area contributed by atoms with Crippen molar-refractivity contribution in [3.05, 3.63) is 35.9 Å². The molecular formula is C16H24O5P+. The third kappa shape index (κ3) is 4.60. The molecule has 0 aliphatic rings. The van der Waals surface area contributed by atoms with Crippen LogP contribution in [0.3, 0.4) is 0 Å². The summed E-state index contributed by atoms with van der Waals surface area (Å²) in [5, 5.41) is 9.81. The Hall–Kier alpha value is -1.29. The molecule has 0 heterocycles. The summed E-state index contributed by atoms with van der Waals surface area (Å²) < 4.78 is 22.1. The van der Waals surface area contributed by atoms with Crippen LogP contribution in [0.15, 0.2) is 30.3 Å². The average molecular weight is 327 g/mol. The van der Waals surface area contributed by atoms with Crippen LogP contribution in [-0.2, 0) is 25.3 Å². The normalized spacial score (nSPS) is 15.2. The Labute approximate surface area is 132 Å². The molecule has 0 aromatic heterocycles. The second kappa shape index (κ2) is 9.67. The van der Waals surface area contributed by atoms with Crippen molar-refractivity contribution in [2.75, 3.05) is 26.0 Å². The van der Waals surface area contributed by atoms with E-state index in [2.05, 4.69) is 0 Å². The highest BCUT2D eigenvalue weighted by molar-refractivity contribution is 7.23. The van der Waals surface area contributed by atoms with E-state index in [0.717, 1.165) is 5.56 Å². The second-order valence-electron chi connectivity index (χ2n) is 4.93. The molecule has 0 fully saturated rings. The summed E-state index contributed by atoms with van der Waals surface area (Å²) in [6.07, 6.45) is 0.457. The Bertz CT molecular complexity index is 465. The zero-order valence-corrected chi connectivity index (χ0v) is 14.1. The first kappa shape index (κ1) is 18.8. The van der Waals surface area contributed by atoms with Crippen LogP contribution < -0.4 is 0 Å². The molecule has 1 aromatic rings. The van der Waals surface area contributed by atoms with Gasteiger partial charge in [0.25, 0.3) is 0 Å². The quantitative estimate of drug-likeness (QED) is 0.527. The molecule has 0 saturated heterocycles. The molecule has 1 rings (SSSR count). The van der Waals surface area contributed by atoms with Gasteiger partial charge in [-0.05, 0) is 25.8 Å². The number of hydrogen-bond acceptors (Lipinski definition) is 5. The number of carbonyl (C=O) groups is 1. The van der Waals surface area contributed by atoms with Gasteiger partial charge in [0.05, 0.1) is 6.61 Å². The standard InChI is InChI=1S/C16H23O5P/c1-3-20-15(18)16(12-22-19,21-4-2)14(11-17)10-13-8-6-5-7-9-13/h5-9,14,17H,3-4,10-12H2,1-2H3/p+1. The first-order valence-corrected chi connectivity index (χ1v) is 8.57. The van der Waals surface area contributed by atoms with Crippen molar-refractivity contribution in [3.63, 3.8) is 0 Å². The lowest BCUT2D eigenvalue weighted by Gasteiger charge is -2.33. The highest BCUT2D eigenvalue weighted by Gasteiger charge is 2.51. The maximum absolute atomic E-state index is 12.4. The Balaban J connectivity index is 3.13. The van der Waals surface area contributed by atoms with Crippen molar-refractivity contribution in [2.24, 2.45) is 5.92 Å². The van der Waals surface area contributed by atoms with Crippen LogP contribution in [0.5, 0.6) is 0 Å². The summed E-state index contributed by atoms with van der Waals surface area (Å²) in [4.78, 5) is 12.4. The van der Waals surface area contributed by atoms with Crippen LogP contribution in [0.1, 0.15) is 19.4 Å². The highest BCUT2D eigenvalue weighted by Crippen LogP contribution is 2.31. The number of ether oxygens (including phenoxy) is 2. The molecule has 0 bridgehead atoms. The van der Waals surface area contributed by atoms with E-state index >= 15 is 0 Å². The topological polar surface area (TPSA) is 72.8 Å². The van der Waals surface area contributed by atoms with E-state index in [4.69, 9.17) is 9.47 Å². The molecule has 0 spiro atoms. The van der Waals surface area contributed by atoms with Gasteiger partial charge in [0.15, 0.2) is 6.16 Å². The van der Waals surface area contributed by atoms with Gasteiger partial charge in [-0.1, -0.05) is 34.9 Å². The zero-order valence-electron chi connectivity index (χ0n) is 13.1. The largest absolute Gasteiger partial charge is 0.464 e. The molecule has 3 unspecified atom stereocenters. The molecule has 1 aromatic carbocycles. The lowest BCUT2D eigenvalue weighted by Crippen LogP contribution is -2.53. The lowest BCUT2D eigenvalue weighted by atomic mass is 9.84. The predicted molar refractivity (Wildman–Crippen MR) is 85.6 cm³/mol. The van der Waals surface area contributed by atoms with Crippen LogP contribution in [0.25, 0.3) is 0 Å². The van der Waals surface area contributed by atoms with Crippen molar-refractivity contribution >= 4 is 14.4 Å². The van der Waals surface area contributed by atoms with Gasteiger partial charge in [-0.15, -0.1) is 0 Å². The van der Waals surface area contributed by atoms with E-state index in [-0.39, 0.29) is 26.0 Å². The summed E-state index contributed by atoms with van der Waals surface area (Å²) in [7, 11) is -0.714. The van der Waals surface area contributed by atoms with Crippen LogP contribution >= 0.6 is 8.46 Å². The number of rotatable bonds is 10. The maximum Gasteiger partial charge on any atom is 0.343 e. The number of benzene rings is 1. The van der Waals surface area contributed by atoms with Gasteiger partial charge in [-0.2, -0.15) is 0 Å². The monoisotopic (exact) mass is 327 g/mol. The summed E-state index contributed by atoms with van der Waals surface area (Å²) in [6, 6.07) is 9.53. The molecule has 0 amide bonds. The van der Waals surface area contributed by atoms with Crippen molar-refractivity contribution < 1.29 is 23.9 Å². The molecule has 1 N–H and O–H groups in total. The zero-order chi connectivity index (χ0) is 16.4. The van der Waals surface area contributed by atoms with Crippen molar-refractivity contribution in [1.82, 2.24) is 0 Å². The Morgan fingerprint density at radius 2 is 1.95 bits per heavy atom. The molecule has 3 atom stereocenters.